The number of carbonyl (C=O) groups excluding carboxylic acids is 1. The quantitative estimate of drug-likeness (QED) is 0.766. The predicted octanol–water partition coefficient (Wildman–Crippen LogP) is 2.35. The number of fused-ring (bicyclic) bond motifs is 3. The van der Waals surface area contributed by atoms with Gasteiger partial charge in [-0.05, 0) is 37.7 Å². The van der Waals surface area contributed by atoms with Gasteiger partial charge in [0, 0.05) is 30.9 Å². The van der Waals surface area contributed by atoms with E-state index in [1.54, 1.807) is 27.1 Å². The van der Waals surface area contributed by atoms with E-state index in [0.717, 1.165) is 42.3 Å². The van der Waals surface area contributed by atoms with Crippen molar-refractivity contribution >= 4 is 27.5 Å². The molecule has 2 aromatic heterocycles. The number of aryl methyl sites for hydroxylation is 3. The van der Waals surface area contributed by atoms with E-state index in [1.807, 2.05) is 0 Å². The van der Waals surface area contributed by atoms with Gasteiger partial charge in [0.1, 0.15) is 4.83 Å². The lowest BCUT2D eigenvalue weighted by Crippen LogP contribution is -2.35. The summed E-state index contributed by atoms with van der Waals surface area (Å²) in [5.41, 5.74) is 1.16. The Morgan fingerprint density at radius 2 is 2.15 bits per heavy atom. The molecule has 1 aliphatic carbocycles. The lowest BCUT2D eigenvalue weighted by Gasteiger charge is -2.21. The van der Waals surface area contributed by atoms with Crippen LogP contribution in [0, 0.1) is 0 Å². The molecule has 0 unspecified atom stereocenters. The van der Waals surface area contributed by atoms with Crippen LogP contribution in [-0.2, 0) is 24.2 Å². The first-order chi connectivity index (χ1) is 12.7. The highest BCUT2D eigenvalue weighted by Crippen LogP contribution is 2.33. The molecule has 7 heteroatoms. The number of rotatable bonds is 8. The van der Waals surface area contributed by atoms with Crippen molar-refractivity contribution in [2.45, 2.75) is 58.4 Å². The molecule has 1 N–H and O–H groups in total. The molecule has 2 aromatic rings. The van der Waals surface area contributed by atoms with Gasteiger partial charge in [-0.3, -0.25) is 14.2 Å². The number of aromatic nitrogens is 2. The molecule has 6 nitrogen and oxygen atoms in total. The smallest absolute Gasteiger partial charge is 0.262 e. The second kappa shape index (κ2) is 8.77. The van der Waals surface area contributed by atoms with E-state index in [0.29, 0.717) is 19.6 Å². The molecule has 26 heavy (non-hydrogen) atoms. The molecule has 142 valence electrons. The lowest BCUT2D eigenvalue weighted by atomic mass is 9.97. The number of thiophene rings is 1. The van der Waals surface area contributed by atoms with Gasteiger partial charge in [0.15, 0.2) is 0 Å². The van der Waals surface area contributed by atoms with Crippen molar-refractivity contribution < 1.29 is 9.90 Å². The van der Waals surface area contributed by atoms with Crippen LogP contribution >= 0.6 is 11.3 Å². The van der Waals surface area contributed by atoms with E-state index in [1.165, 1.54) is 16.9 Å². The minimum absolute atomic E-state index is 0.0214. The molecule has 0 saturated carbocycles. The summed E-state index contributed by atoms with van der Waals surface area (Å²) in [6.45, 7) is 3.37. The third-order valence-corrected chi connectivity index (χ3v) is 6.21. The lowest BCUT2D eigenvalue weighted by molar-refractivity contribution is -0.132. The Kier molecular flexibility index (Phi) is 6.43. The summed E-state index contributed by atoms with van der Waals surface area (Å²) in [5, 5.41) is 9.93. The molecule has 0 radical (unpaired) electrons. The third-order valence-electron chi connectivity index (χ3n) is 5.01. The van der Waals surface area contributed by atoms with E-state index >= 15 is 0 Å². The fraction of sp³-hybridized carbons (Fsp3) is 0.632. The summed E-state index contributed by atoms with van der Waals surface area (Å²) in [4.78, 5) is 33.6. The number of hydrogen-bond donors (Lipinski definition) is 1. The Labute approximate surface area is 157 Å². The highest BCUT2D eigenvalue weighted by Gasteiger charge is 2.20. The number of carbonyl (C=O) groups is 1. The summed E-state index contributed by atoms with van der Waals surface area (Å²) in [6.07, 6.45) is 8.04. The first-order valence-corrected chi connectivity index (χ1v) is 10.4. The summed E-state index contributed by atoms with van der Waals surface area (Å²) in [5.74, 6) is -0.0214. The van der Waals surface area contributed by atoms with Crippen molar-refractivity contribution in [3.63, 3.8) is 0 Å². The first-order valence-electron chi connectivity index (χ1n) is 9.54. The molecule has 0 saturated heterocycles. The molecule has 0 fully saturated rings. The minimum atomic E-state index is -0.0377. The van der Waals surface area contributed by atoms with E-state index in [4.69, 9.17) is 5.11 Å². The normalized spacial score (nSPS) is 13.8. The van der Waals surface area contributed by atoms with Gasteiger partial charge in [-0.2, -0.15) is 0 Å². The van der Waals surface area contributed by atoms with E-state index < -0.39 is 0 Å². The maximum absolute atomic E-state index is 12.9. The Morgan fingerprint density at radius 1 is 1.35 bits per heavy atom. The predicted molar refractivity (Wildman–Crippen MR) is 104 cm³/mol. The zero-order chi connectivity index (χ0) is 18.5. The number of aliphatic hydroxyl groups excluding tert-OH is 1. The van der Waals surface area contributed by atoms with Crippen LogP contribution in [0.2, 0.25) is 0 Å². The SMILES string of the molecule is CCCCN(CCO)C(=O)CCn1cnc2sc3c(c2c1=O)CCCC3. The van der Waals surface area contributed by atoms with Crippen LogP contribution in [0.4, 0.5) is 0 Å². The van der Waals surface area contributed by atoms with Crippen LogP contribution in [0.25, 0.3) is 10.2 Å². The molecular weight excluding hydrogens is 350 g/mol. The largest absolute Gasteiger partial charge is 0.395 e. The highest BCUT2D eigenvalue weighted by molar-refractivity contribution is 7.18. The van der Waals surface area contributed by atoms with E-state index in [9.17, 15) is 9.59 Å². The summed E-state index contributed by atoms with van der Waals surface area (Å²) < 4.78 is 1.57. The van der Waals surface area contributed by atoms with Gasteiger partial charge < -0.3 is 10.0 Å². The van der Waals surface area contributed by atoms with Gasteiger partial charge in [-0.15, -0.1) is 11.3 Å². The maximum Gasteiger partial charge on any atom is 0.262 e. The van der Waals surface area contributed by atoms with E-state index in [-0.39, 0.29) is 24.5 Å². The molecule has 3 rings (SSSR count). The van der Waals surface area contributed by atoms with Crippen molar-refractivity contribution in [1.82, 2.24) is 14.5 Å². The standard InChI is InChI=1S/C19H27N3O3S/c1-2-3-9-21(11-12-23)16(24)8-10-22-13-20-18-17(19(22)25)14-6-4-5-7-15(14)26-18/h13,23H,2-12H2,1H3. The van der Waals surface area contributed by atoms with Crippen molar-refractivity contribution in [1.29, 1.82) is 0 Å². The Bertz CT molecular complexity index is 827. The van der Waals surface area contributed by atoms with Crippen LogP contribution in [0.5, 0.6) is 0 Å². The number of amides is 1. The molecule has 0 aliphatic heterocycles. The molecular formula is C19H27N3O3S. The minimum Gasteiger partial charge on any atom is -0.395 e. The molecule has 1 aliphatic rings. The molecule has 0 spiro atoms. The van der Waals surface area contributed by atoms with Gasteiger partial charge in [0.25, 0.3) is 5.56 Å². The molecule has 0 aromatic carbocycles. The van der Waals surface area contributed by atoms with Gasteiger partial charge in [-0.1, -0.05) is 13.3 Å². The van der Waals surface area contributed by atoms with Crippen molar-refractivity contribution in [2.24, 2.45) is 0 Å². The zero-order valence-electron chi connectivity index (χ0n) is 15.4. The van der Waals surface area contributed by atoms with Gasteiger partial charge in [-0.25, -0.2) is 4.98 Å². The molecule has 0 bridgehead atoms. The number of nitrogens with zero attached hydrogens (tertiary/aromatic N) is 3. The number of aliphatic hydroxyl groups is 1. The summed E-state index contributed by atoms with van der Waals surface area (Å²) in [7, 11) is 0. The molecule has 1 amide bonds. The Balaban J connectivity index is 1.75. The van der Waals surface area contributed by atoms with Crippen LogP contribution in [0.1, 0.15) is 49.5 Å². The van der Waals surface area contributed by atoms with Gasteiger partial charge in [0.05, 0.1) is 18.3 Å². The van der Waals surface area contributed by atoms with Gasteiger partial charge >= 0.3 is 0 Å². The third kappa shape index (κ3) is 3.99. The summed E-state index contributed by atoms with van der Waals surface area (Å²) in [6, 6.07) is 0. The molecule has 0 atom stereocenters. The van der Waals surface area contributed by atoms with Gasteiger partial charge in [0.2, 0.25) is 5.91 Å². The average Bonchev–Trinajstić information content (AvgIpc) is 3.03. The second-order valence-corrected chi connectivity index (χ2v) is 7.93. The zero-order valence-corrected chi connectivity index (χ0v) is 16.2. The highest BCUT2D eigenvalue weighted by atomic mass is 32.1. The van der Waals surface area contributed by atoms with E-state index in [2.05, 4.69) is 11.9 Å². The van der Waals surface area contributed by atoms with Crippen molar-refractivity contribution in [3.8, 4) is 0 Å². The maximum atomic E-state index is 12.9. The molecule has 2 heterocycles. The van der Waals surface area contributed by atoms with Crippen LogP contribution < -0.4 is 5.56 Å². The topological polar surface area (TPSA) is 75.4 Å². The summed E-state index contributed by atoms with van der Waals surface area (Å²) >= 11 is 1.64. The Hall–Kier alpha value is -1.73. The Morgan fingerprint density at radius 3 is 2.92 bits per heavy atom. The van der Waals surface area contributed by atoms with Crippen LogP contribution in [-0.4, -0.2) is 45.2 Å². The second-order valence-electron chi connectivity index (χ2n) is 6.84. The van der Waals surface area contributed by atoms with Crippen LogP contribution in [0.15, 0.2) is 11.1 Å². The number of hydrogen-bond acceptors (Lipinski definition) is 5. The first kappa shape index (κ1) is 19.0. The van der Waals surface area contributed by atoms with Crippen molar-refractivity contribution in [2.75, 3.05) is 19.7 Å². The fourth-order valence-electron chi connectivity index (χ4n) is 3.55. The van der Waals surface area contributed by atoms with Crippen LogP contribution in [0.3, 0.4) is 0 Å². The fourth-order valence-corrected chi connectivity index (χ4v) is 4.77. The van der Waals surface area contributed by atoms with Crippen molar-refractivity contribution in [3.05, 3.63) is 27.1 Å². The number of unbranched alkanes of at least 4 members (excludes halogenated alkanes) is 1. The monoisotopic (exact) mass is 377 g/mol. The average molecular weight is 378 g/mol.